The Labute approximate surface area is 141 Å². The van der Waals surface area contributed by atoms with Crippen LogP contribution in [0.25, 0.3) is 11.1 Å². The molecule has 1 heterocycles. The van der Waals surface area contributed by atoms with Crippen LogP contribution in [0, 0.1) is 0 Å². The summed E-state index contributed by atoms with van der Waals surface area (Å²) in [4.78, 5) is 2.27. The zero-order valence-corrected chi connectivity index (χ0v) is 14.9. The molecule has 23 heavy (non-hydrogen) atoms. The van der Waals surface area contributed by atoms with Gasteiger partial charge in [-0.25, -0.2) is 0 Å². The number of nitrogens with zero attached hydrogens (tertiary/aromatic N) is 1. The van der Waals surface area contributed by atoms with E-state index in [4.69, 9.17) is 0 Å². The van der Waals surface area contributed by atoms with Crippen molar-refractivity contribution < 1.29 is 0 Å². The maximum absolute atomic E-state index is 4.18. The summed E-state index contributed by atoms with van der Waals surface area (Å²) in [5, 5.41) is 0. The fourth-order valence-electron chi connectivity index (χ4n) is 3.19. The van der Waals surface area contributed by atoms with E-state index >= 15 is 0 Å². The van der Waals surface area contributed by atoms with Gasteiger partial charge in [0.1, 0.15) is 0 Å². The number of hydrogen-bond donors (Lipinski definition) is 0. The quantitative estimate of drug-likeness (QED) is 0.603. The van der Waals surface area contributed by atoms with Gasteiger partial charge in [-0.2, -0.15) is 0 Å². The summed E-state index contributed by atoms with van der Waals surface area (Å²) >= 11 is 0. The standard InChI is InChI=1S/C22H27N/c1-7-10-18(8-2)19-12-13-20(16(3)4)21(15-19)22-17(5)11-9-14-23(22)6/h7-15,22H,3H2,1-2,4-6H3/b10-7-,18-8+. The predicted octanol–water partition coefficient (Wildman–Crippen LogP) is 6.15. The Balaban J connectivity index is 2.62. The van der Waals surface area contributed by atoms with E-state index in [1.807, 2.05) is 0 Å². The smallest absolute Gasteiger partial charge is 0.0753 e. The predicted molar refractivity (Wildman–Crippen MR) is 103 cm³/mol. The monoisotopic (exact) mass is 305 g/mol. The van der Waals surface area contributed by atoms with Crippen molar-refractivity contribution >= 4 is 11.1 Å². The minimum absolute atomic E-state index is 0.260. The van der Waals surface area contributed by atoms with E-state index in [0.29, 0.717) is 0 Å². The molecule has 120 valence electrons. The van der Waals surface area contributed by atoms with E-state index in [0.717, 1.165) is 5.57 Å². The molecule has 0 N–H and O–H groups in total. The molecule has 0 fully saturated rings. The first kappa shape index (κ1) is 17.1. The van der Waals surface area contributed by atoms with Crippen LogP contribution in [0.4, 0.5) is 0 Å². The molecule has 0 saturated carbocycles. The molecule has 0 spiro atoms. The third-order valence-electron chi connectivity index (χ3n) is 4.32. The second-order valence-corrected chi connectivity index (χ2v) is 6.15. The molecule has 0 aromatic heterocycles. The van der Waals surface area contributed by atoms with Crippen LogP contribution in [0.15, 0.2) is 66.9 Å². The second-order valence-electron chi connectivity index (χ2n) is 6.15. The maximum Gasteiger partial charge on any atom is 0.0753 e. The lowest BCUT2D eigenvalue weighted by Crippen LogP contribution is -2.23. The van der Waals surface area contributed by atoms with Crippen LogP contribution in [-0.2, 0) is 0 Å². The van der Waals surface area contributed by atoms with Gasteiger partial charge in [0.2, 0.25) is 0 Å². The minimum atomic E-state index is 0.260. The third kappa shape index (κ3) is 3.56. The zero-order valence-electron chi connectivity index (χ0n) is 14.9. The van der Waals surface area contributed by atoms with Gasteiger partial charge in [-0.1, -0.05) is 48.6 Å². The Morgan fingerprint density at radius 3 is 2.57 bits per heavy atom. The van der Waals surface area contributed by atoms with Crippen LogP contribution in [0.3, 0.4) is 0 Å². The van der Waals surface area contributed by atoms with E-state index in [-0.39, 0.29) is 6.04 Å². The molecule has 0 radical (unpaired) electrons. The molecule has 1 heteroatoms. The van der Waals surface area contributed by atoms with Gasteiger partial charge >= 0.3 is 0 Å². The second kappa shape index (κ2) is 7.32. The molecule has 1 unspecified atom stereocenters. The molecule has 1 aromatic carbocycles. The van der Waals surface area contributed by atoms with Crippen molar-refractivity contribution in [3.05, 3.63) is 83.6 Å². The molecular weight excluding hydrogens is 278 g/mol. The molecule has 0 bridgehead atoms. The van der Waals surface area contributed by atoms with Crippen LogP contribution in [0.1, 0.15) is 50.4 Å². The van der Waals surface area contributed by atoms with Crippen molar-refractivity contribution in [1.29, 1.82) is 0 Å². The fourth-order valence-corrected chi connectivity index (χ4v) is 3.19. The molecule has 0 aliphatic carbocycles. The zero-order chi connectivity index (χ0) is 17.0. The Morgan fingerprint density at radius 1 is 1.26 bits per heavy atom. The fraction of sp³-hybridized carbons (Fsp3) is 0.273. The van der Waals surface area contributed by atoms with Gasteiger partial charge in [-0.05, 0) is 73.9 Å². The van der Waals surface area contributed by atoms with E-state index in [1.165, 1.54) is 27.8 Å². The van der Waals surface area contributed by atoms with Crippen molar-refractivity contribution in [2.24, 2.45) is 0 Å². The largest absolute Gasteiger partial charge is 0.370 e. The van der Waals surface area contributed by atoms with Gasteiger partial charge in [0, 0.05) is 7.05 Å². The van der Waals surface area contributed by atoms with Gasteiger partial charge in [-0.15, -0.1) is 0 Å². The van der Waals surface area contributed by atoms with Gasteiger partial charge in [0.25, 0.3) is 0 Å². The van der Waals surface area contributed by atoms with Crippen LogP contribution < -0.4 is 0 Å². The van der Waals surface area contributed by atoms with Crippen molar-refractivity contribution in [1.82, 2.24) is 4.90 Å². The average molecular weight is 305 g/mol. The summed E-state index contributed by atoms with van der Waals surface area (Å²) in [6.07, 6.45) is 12.8. The molecule has 1 aromatic rings. The average Bonchev–Trinajstić information content (AvgIpc) is 2.52. The molecule has 2 rings (SSSR count). The number of rotatable bonds is 4. The highest BCUT2D eigenvalue weighted by Gasteiger charge is 2.22. The molecule has 1 aliphatic heterocycles. The van der Waals surface area contributed by atoms with Gasteiger partial charge in [-0.3, -0.25) is 0 Å². The van der Waals surface area contributed by atoms with Crippen LogP contribution in [0.2, 0.25) is 0 Å². The lowest BCUT2D eigenvalue weighted by Gasteiger charge is -2.32. The molecule has 0 amide bonds. The third-order valence-corrected chi connectivity index (χ3v) is 4.32. The highest BCUT2D eigenvalue weighted by molar-refractivity contribution is 5.77. The van der Waals surface area contributed by atoms with Gasteiger partial charge in [0.15, 0.2) is 0 Å². The summed E-state index contributed by atoms with van der Waals surface area (Å²) in [6, 6.07) is 6.98. The Bertz CT molecular complexity index is 713. The SMILES string of the molecule is C=C(C)c1ccc(C(/C=C\C)=C/C)cc1C1C(C)=CC=CN1C. The molecule has 1 nitrogen and oxygen atoms in total. The number of hydrogen-bond acceptors (Lipinski definition) is 1. The first-order valence-corrected chi connectivity index (χ1v) is 8.15. The lowest BCUT2D eigenvalue weighted by molar-refractivity contribution is 0.372. The first-order chi connectivity index (χ1) is 11.0. The number of allylic oxidation sites excluding steroid dienone is 7. The van der Waals surface area contributed by atoms with Crippen molar-refractivity contribution in [2.45, 2.75) is 33.7 Å². The van der Waals surface area contributed by atoms with E-state index in [1.54, 1.807) is 0 Å². The Morgan fingerprint density at radius 2 is 2.00 bits per heavy atom. The minimum Gasteiger partial charge on any atom is -0.370 e. The summed E-state index contributed by atoms with van der Waals surface area (Å²) in [6.45, 7) is 12.6. The van der Waals surface area contributed by atoms with Gasteiger partial charge < -0.3 is 4.90 Å². The highest BCUT2D eigenvalue weighted by Crippen LogP contribution is 2.36. The van der Waals surface area contributed by atoms with Crippen molar-refractivity contribution in [2.75, 3.05) is 7.05 Å². The lowest BCUT2D eigenvalue weighted by atomic mass is 9.87. The Kier molecular flexibility index (Phi) is 5.44. The first-order valence-electron chi connectivity index (χ1n) is 8.15. The van der Waals surface area contributed by atoms with Crippen LogP contribution in [-0.4, -0.2) is 11.9 Å². The number of benzene rings is 1. The Hall–Kier alpha value is -2.28. The van der Waals surface area contributed by atoms with E-state index < -0.39 is 0 Å². The molecule has 0 saturated heterocycles. The summed E-state index contributed by atoms with van der Waals surface area (Å²) < 4.78 is 0. The van der Waals surface area contributed by atoms with Gasteiger partial charge in [0.05, 0.1) is 6.04 Å². The maximum atomic E-state index is 4.18. The summed E-state index contributed by atoms with van der Waals surface area (Å²) in [7, 11) is 2.13. The molecule has 1 aliphatic rings. The molecular formula is C22H27N. The number of likely N-dealkylation sites (N-methyl/N-ethyl adjacent to an activating group) is 1. The van der Waals surface area contributed by atoms with Crippen molar-refractivity contribution in [3.63, 3.8) is 0 Å². The summed E-state index contributed by atoms with van der Waals surface area (Å²) in [5.41, 5.74) is 7.51. The van der Waals surface area contributed by atoms with E-state index in [9.17, 15) is 0 Å². The highest BCUT2D eigenvalue weighted by atomic mass is 15.1. The van der Waals surface area contributed by atoms with Crippen molar-refractivity contribution in [3.8, 4) is 0 Å². The topological polar surface area (TPSA) is 3.24 Å². The summed E-state index contributed by atoms with van der Waals surface area (Å²) in [5.74, 6) is 0. The van der Waals surface area contributed by atoms with E-state index in [2.05, 4.69) is 101 Å². The van der Waals surface area contributed by atoms with Crippen LogP contribution >= 0.6 is 0 Å². The normalized spacial score (nSPS) is 18.5. The molecule has 1 atom stereocenters. The van der Waals surface area contributed by atoms with Crippen LogP contribution in [0.5, 0.6) is 0 Å².